The summed E-state index contributed by atoms with van der Waals surface area (Å²) in [4.78, 5) is 0. The molecule has 174 valence electrons. The summed E-state index contributed by atoms with van der Waals surface area (Å²) in [6.45, 7) is 7.62. The Morgan fingerprint density at radius 1 is 1.00 bits per heavy atom. The normalized spacial score (nSPS) is 44.1. The Morgan fingerprint density at radius 3 is 2.30 bits per heavy atom. The standard InChI is InChI=1S/C23H41N.CH2N2S.H2O2/c1-4-5-14-23(24)16-12-20-18-10-9-17-8-6-7-13-21(17,2)19(18)11-15-22(20,23)3;2-1-4-3;1-2/h17-20H,4-16,24H2,1-3H3;3H2;1-2H/t17?,18?,19?,20-,21?,22?,23+;;/m0../s1. The Morgan fingerprint density at radius 2 is 1.67 bits per heavy atom. The fourth-order valence-electron chi connectivity index (χ4n) is 8.37. The average Bonchev–Trinajstić information content (AvgIpc) is 3.04. The molecule has 4 saturated carbocycles. The molecule has 4 aliphatic carbocycles. The first-order chi connectivity index (χ1) is 14.4. The molecule has 0 bridgehead atoms. The molecule has 0 amide bonds. The molecule has 0 aliphatic heterocycles. The minimum Gasteiger partial charge on any atom is -0.325 e. The fourth-order valence-corrected chi connectivity index (χ4v) is 8.37. The van der Waals surface area contributed by atoms with E-state index in [1.807, 2.05) is 0 Å². The van der Waals surface area contributed by atoms with Crippen LogP contribution in [0.5, 0.6) is 0 Å². The zero-order valence-corrected chi connectivity index (χ0v) is 20.2. The van der Waals surface area contributed by atoms with Crippen LogP contribution in [0.2, 0.25) is 0 Å². The van der Waals surface area contributed by atoms with Gasteiger partial charge in [0.25, 0.3) is 0 Å². The summed E-state index contributed by atoms with van der Waals surface area (Å²) in [6.07, 6.45) is 18.6. The van der Waals surface area contributed by atoms with Gasteiger partial charge in [0, 0.05) is 17.5 Å². The van der Waals surface area contributed by atoms with Crippen molar-refractivity contribution in [3.05, 3.63) is 0 Å². The Bertz CT molecular complexity index is 585. The van der Waals surface area contributed by atoms with E-state index < -0.39 is 0 Å². The second-order valence-electron chi connectivity index (χ2n) is 10.9. The molecular formula is C24H45N3O2S. The van der Waals surface area contributed by atoms with Gasteiger partial charge < -0.3 is 5.73 Å². The van der Waals surface area contributed by atoms with Gasteiger partial charge in [-0.3, -0.25) is 15.7 Å². The third-order valence-corrected chi connectivity index (χ3v) is 10.1. The molecule has 0 spiro atoms. The van der Waals surface area contributed by atoms with E-state index in [0.29, 0.717) is 22.8 Å². The molecule has 6 N–H and O–H groups in total. The molecule has 0 aromatic heterocycles. The lowest BCUT2D eigenvalue weighted by atomic mass is 9.44. The van der Waals surface area contributed by atoms with E-state index in [4.69, 9.17) is 21.5 Å². The third kappa shape index (κ3) is 4.57. The Balaban J connectivity index is 0.000000481. The van der Waals surface area contributed by atoms with Gasteiger partial charge in [-0.2, -0.15) is 5.26 Å². The highest BCUT2D eigenvalue weighted by atomic mass is 32.2. The maximum atomic E-state index is 7.46. The van der Waals surface area contributed by atoms with E-state index >= 15 is 0 Å². The van der Waals surface area contributed by atoms with Gasteiger partial charge in [0.05, 0.1) is 0 Å². The number of hydrogen-bond acceptors (Lipinski definition) is 6. The van der Waals surface area contributed by atoms with Crippen molar-refractivity contribution in [1.29, 1.82) is 5.26 Å². The average molecular weight is 440 g/mol. The maximum Gasteiger partial charge on any atom is 0.149 e. The van der Waals surface area contributed by atoms with Crippen LogP contribution in [0, 0.1) is 45.2 Å². The van der Waals surface area contributed by atoms with Gasteiger partial charge in [-0.15, -0.1) is 0 Å². The van der Waals surface area contributed by atoms with Gasteiger partial charge in [0.2, 0.25) is 0 Å². The number of nitrogens with zero attached hydrogens (tertiary/aromatic N) is 1. The Hall–Kier alpha value is -0.320. The highest BCUT2D eigenvalue weighted by Gasteiger charge is 2.63. The van der Waals surface area contributed by atoms with E-state index in [9.17, 15) is 0 Å². The van der Waals surface area contributed by atoms with E-state index in [1.54, 1.807) is 5.40 Å². The molecule has 5 nitrogen and oxygen atoms in total. The van der Waals surface area contributed by atoms with E-state index in [2.05, 4.69) is 25.9 Å². The van der Waals surface area contributed by atoms with Crippen LogP contribution in [-0.4, -0.2) is 16.1 Å². The van der Waals surface area contributed by atoms with Gasteiger partial charge in [-0.05, 0) is 92.3 Å². The maximum absolute atomic E-state index is 7.46. The van der Waals surface area contributed by atoms with Gasteiger partial charge in [0.1, 0.15) is 5.40 Å². The van der Waals surface area contributed by atoms with E-state index in [-0.39, 0.29) is 5.54 Å². The second-order valence-corrected chi connectivity index (χ2v) is 11.3. The summed E-state index contributed by atoms with van der Waals surface area (Å²) < 4.78 is 0. The lowest BCUT2D eigenvalue weighted by Crippen LogP contribution is -2.59. The highest BCUT2D eigenvalue weighted by Crippen LogP contribution is 2.68. The topological polar surface area (TPSA) is 116 Å². The molecule has 0 aromatic carbocycles. The predicted octanol–water partition coefficient (Wildman–Crippen LogP) is 6.40. The molecule has 0 saturated heterocycles. The Kier molecular flexibility index (Phi) is 9.52. The molecular weight excluding hydrogens is 394 g/mol. The quantitative estimate of drug-likeness (QED) is 0.175. The van der Waals surface area contributed by atoms with Gasteiger partial charge in [0.15, 0.2) is 0 Å². The van der Waals surface area contributed by atoms with Crippen LogP contribution in [0.4, 0.5) is 0 Å². The molecule has 4 fully saturated rings. The number of hydrogen-bond donors (Lipinski definition) is 4. The minimum atomic E-state index is 0.142. The predicted molar refractivity (Wildman–Crippen MR) is 125 cm³/mol. The molecule has 5 unspecified atom stereocenters. The first-order valence-electron chi connectivity index (χ1n) is 12.1. The van der Waals surface area contributed by atoms with E-state index in [1.165, 1.54) is 83.5 Å². The monoisotopic (exact) mass is 439 g/mol. The first kappa shape index (κ1) is 25.9. The minimum absolute atomic E-state index is 0.142. The van der Waals surface area contributed by atoms with Gasteiger partial charge in [-0.25, -0.2) is 0 Å². The van der Waals surface area contributed by atoms with Crippen LogP contribution < -0.4 is 10.9 Å². The van der Waals surface area contributed by atoms with Crippen LogP contribution in [-0.2, 0) is 0 Å². The molecule has 7 atom stereocenters. The summed E-state index contributed by atoms with van der Waals surface area (Å²) in [5.74, 6) is 3.98. The number of unbranched alkanes of at least 4 members (excludes halogenated alkanes) is 1. The van der Waals surface area contributed by atoms with Crippen molar-refractivity contribution in [2.75, 3.05) is 0 Å². The van der Waals surface area contributed by atoms with Crippen molar-refractivity contribution in [1.82, 2.24) is 0 Å². The van der Waals surface area contributed by atoms with E-state index in [0.717, 1.165) is 23.7 Å². The number of nitriles is 1. The Labute approximate surface area is 188 Å². The summed E-state index contributed by atoms with van der Waals surface area (Å²) in [5.41, 5.74) is 8.37. The van der Waals surface area contributed by atoms with Crippen molar-refractivity contribution >= 4 is 11.9 Å². The van der Waals surface area contributed by atoms with Crippen molar-refractivity contribution < 1.29 is 10.5 Å². The molecule has 4 rings (SSSR count). The molecule has 4 aliphatic rings. The van der Waals surface area contributed by atoms with Crippen LogP contribution >= 0.6 is 11.9 Å². The van der Waals surface area contributed by atoms with Crippen LogP contribution in [0.15, 0.2) is 0 Å². The van der Waals surface area contributed by atoms with Gasteiger partial charge in [-0.1, -0.05) is 46.5 Å². The first-order valence-corrected chi connectivity index (χ1v) is 13.0. The lowest BCUT2D eigenvalue weighted by molar-refractivity contribution is -0.176. The molecule has 0 aromatic rings. The third-order valence-electron chi connectivity index (χ3n) is 10.0. The van der Waals surface area contributed by atoms with Gasteiger partial charge >= 0.3 is 0 Å². The summed E-state index contributed by atoms with van der Waals surface area (Å²) >= 11 is 0.662. The lowest BCUT2D eigenvalue weighted by Gasteiger charge is -2.61. The number of nitrogens with two attached hydrogens (primary N) is 2. The van der Waals surface area contributed by atoms with Crippen molar-refractivity contribution in [3.8, 4) is 5.40 Å². The van der Waals surface area contributed by atoms with Crippen molar-refractivity contribution in [2.45, 2.75) is 110 Å². The second kappa shape index (κ2) is 11.0. The smallest absolute Gasteiger partial charge is 0.149 e. The number of thiocyanates is 1. The zero-order chi connectivity index (χ0) is 22.4. The van der Waals surface area contributed by atoms with Crippen molar-refractivity contribution in [2.24, 2.45) is 45.4 Å². The molecule has 30 heavy (non-hydrogen) atoms. The number of rotatable bonds is 3. The SMILES string of the molecule is CCCC[C@@]1(N)CC[C@H]2C3CCC4CCCCC4(C)C3CCC21C.N#CSN.OO. The molecule has 0 heterocycles. The largest absolute Gasteiger partial charge is 0.325 e. The fraction of sp³-hybridized carbons (Fsp3) is 0.958. The summed E-state index contributed by atoms with van der Waals surface area (Å²) in [5, 5.41) is 25.7. The highest BCUT2D eigenvalue weighted by molar-refractivity contribution is 8.01. The molecule has 0 radical (unpaired) electrons. The zero-order valence-electron chi connectivity index (χ0n) is 19.4. The van der Waals surface area contributed by atoms with Crippen LogP contribution in [0.25, 0.3) is 0 Å². The number of fused-ring (bicyclic) bond motifs is 5. The van der Waals surface area contributed by atoms with Crippen molar-refractivity contribution in [3.63, 3.8) is 0 Å². The van der Waals surface area contributed by atoms with Crippen LogP contribution in [0.3, 0.4) is 0 Å². The van der Waals surface area contributed by atoms with Crippen LogP contribution in [0.1, 0.15) is 104 Å². The summed E-state index contributed by atoms with van der Waals surface area (Å²) in [7, 11) is 0. The summed E-state index contributed by atoms with van der Waals surface area (Å²) in [6, 6.07) is 0. The molecule has 6 heteroatoms.